The fourth-order valence-electron chi connectivity index (χ4n) is 1.39. The minimum Gasteiger partial charge on any atom is -0.361 e. The van der Waals surface area contributed by atoms with Gasteiger partial charge in [-0.2, -0.15) is 0 Å². The molecular formula is C11H19NO. The molecule has 2 nitrogen and oxygen atoms in total. The first-order chi connectivity index (χ1) is 6.27. The number of hydrogen-bond donors (Lipinski definition) is 0. The van der Waals surface area contributed by atoms with Gasteiger partial charge < -0.3 is 4.52 Å². The minimum absolute atomic E-state index is 0.545. The largest absolute Gasteiger partial charge is 0.361 e. The normalized spacial score (nSPS) is 13.2. The van der Waals surface area contributed by atoms with Crippen molar-refractivity contribution in [2.75, 3.05) is 0 Å². The van der Waals surface area contributed by atoms with Gasteiger partial charge in [0.15, 0.2) is 0 Å². The lowest BCUT2D eigenvalue weighted by Gasteiger charge is -2.04. The van der Waals surface area contributed by atoms with Crippen LogP contribution in [0.4, 0.5) is 0 Å². The fraction of sp³-hybridized carbons (Fsp3) is 0.727. The topological polar surface area (TPSA) is 26.0 Å². The van der Waals surface area contributed by atoms with Crippen molar-refractivity contribution in [2.45, 2.75) is 52.4 Å². The molecule has 1 atom stereocenters. The summed E-state index contributed by atoms with van der Waals surface area (Å²) >= 11 is 0. The number of aryl methyl sites for hydroxylation is 1. The molecule has 1 unspecified atom stereocenters. The van der Waals surface area contributed by atoms with Crippen molar-refractivity contribution >= 4 is 0 Å². The van der Waals surface area contributed by atoms with E-state index in [1.807, 2.05) is 0 Å². The van der Waals surface area contributed by atoms with Crippen molar-refractivity contribution in [1.82, 2.24) is 5.16 Å². The lowest BCUT2D eigenvalue weighted by molar-refractivity contribution is 0.375. The number of hydrogen-bond acceptors (Lipinski definition) is 2. The van der Waals surface area contributed by atoms with Gasteiger partial charge in [0.1, 0.15) is 5.76 Å². The van der Waals surface area contributed by atoms with Gasteiger partial charge in [0.05, 0.1) is 5.69 Å². The van der Waals surface area contributed by atoms with E-state index in [1.165, 1.54) is 19.3 Å². The lowest BCUT2D eigenvalue weighted by atomic mass is 10.0. The highest BCUT2D eigenvalue weighted by molar-refractivity contribution is 5.09. The molecule has 13 heavy (non-hydrogen) atoms. The molecule has 0 fully saturated rings. The zero-order chi connectivity index (χ0) is 9.68. The van der Waals surface area contributed by atoms with Crippen LogP contribution in [0.2, 0.25) is 0 Å². The van der Waals surface area contributed by atoms with Crippen LogP contribution in [0.1, 0.15) is 57.4 Å². The molecular weight excluding hydrogens is 162 g/mol. The summed E-state index contributed by atoms with van der Waals surface area (Å²) in [6.45, 7) is 6.51. The molecule has 0 radical (unpaired) electrons. The number of rotatable bonds is 5. The number of nitrogens with zero attached hydrogens (tertiary/aromatic N) is 1. The molecule has 0 aromatic carbocycles. The lowest BCUT2D eigenvalue weighted by Crippen LogP contribution is -1.92. The van der Waals surface area contributed by atoms with E-state index in [4.69, 9.17) is 4.52 Å². The highest BCUT2D eigenvalue weighted by Gasteiger charge is 2.09. The maximum absolute atomic E-state index is 5.16. The van der Waals surface area contributed by atoms with Crippen LogP contribution in [0.5, 0.6) is 0 Å². The van der Waals surface area contributed by atoms with Gasteiger partial charge in [-0.1, -0.05) is 38.8 Å². The van der Waals surface area contributed by atoms with Crippen LogP contribution in [0, 0.1) is 0 Å². The summed E-state index contributed by atoms with van der Waals surface area (Å²) in [7, 11) is 0. The van der Waals surface area contributed by atoms with E-state index in [0.29, 0.717) is 5.92 Å². The first kappa shape index (κ1) is 10.3. The van der Waals surface area contributed by atoms with E-state index in [1.54, 1.807) is 0 Å². The Hall–Kier alpha value is -0.790. The summed E-state index contributed by atoms with van der Waals surface area (Å²) in [4.78, 5) is 0. The van der Waals surface area contributed by atoms with E-state index >= 15 is 0 Å². The molecule has 0 N–H and O–H groups in total. The Kier molecular flexibility index (Phi) is 4.00. The van der Waals surface area contributed by atoms with Crippen LogP contribution >= 0.6 is 0 Å². The first-order valence-electron chi connectivity index (χ1n) is 5.23. The summed E-state index contributed by atoms with van der Waals surface area (Å²) < 4.78 is 5.16. The van der Waals surface area contributed by atoms with Crippen molar-refractivity contribution in [3.05, 3.63) is 17.5 Å². The summed E-state index contributed by atoms with van der Waals surface area (Å²) in [5.74, 6) is 1.54. The second kappa shape index (κ2) is 5.05. The number of unbranched alkanes of at least 4 members (excludes halogenated alkanes) is 1. The Morgan fingerprint density at radius 1 is 1.46 bits per heavy atom. The Morgan fingerprint density at radius 3 is 2.77 bits per heavy atom. The van der Waals surface area contributed by atoms with Gasteiger partial charge in [0, 0.05) is 18.4 Å². The van der Waals surface area contributed by atoms with Gasteiger partial charge in [-0.15, -0.1) is 0 Å². The monoisotopic (exact) mass is 181 g/mol. The van der Waals surface area contributed by atoms with Crippen LogP contribution in [0.3, 0.4) is 0 Å². The standard InChI is InChI=1S/C11H19NO/c1-4-6-7-9(3)11-8-10(5-2)13-12-11/h8-9H,4-7H2,1-3H3. The third-order valence-electron chi connectivity index (χ3n) is 2.42. The average molecular weight is 181 g/mol. The van der Waals surface area contributed by atoms with Crippen molar-refractivity contribution < 1.29 is 4.52 Å². The van der Waals surface area contributed by atoms with Crippen LogP contribution in [-0.4, -0.2) is 5.16 Å². The van der Waals surface area contributed by atoms with Gasteiger partial charge in [0.2, 0.25) is 0 Å². The molecule has 1 aromatic rings. The Bertz CT molecular complexity index is 242. The zero-order valence-corrected chi connectivity index (χ0v) is 8.84. The fourth-order valence-corrected chi connectivity index (χ4v) is 1.39. The van der Waals surface area contributed by atoms with Gasteiger partial charge in [-0.05, 0) is 6.42 Å². The first-order valence-corrected chi connectivity index (χ1v) is 5.23. The van der Waals surface area contributed by atoms with E-state index in [9.17, 15) is 0 Å². The van der Waals surface area contributed by atoms with Gasteiger partial charge >= 0.3 is 0 Å². The third kappa shape index (κ3) is 2.87. The van der Waals surface area contributed by atoms with E-state index in [2.05, 4.69) is 32.0 Å². The SMILES string of the molecule is CCCCC(C)c1cc(CC)on1. The molecule has 1 rings (SSSR count). The molecule has 0 aliphatic carbocycles. The van der Waals surface area contributed by atoms with Gasteiger partial charge in [-0.25, -0.2) is 0 Å². The molecule has 0 bridgehead atoms. The maximum Gasteiger partial charge on any atom is 0.136 e. The average Bonchev–Trinajstić information content (AvgIpc) is 2.62. The van der Waals surface area contributed by atoms with Gasteiger partial charge in [0.25, 0.3) is 0 Å². The molecule has 0 amide bonds. The molecule has 0 spiro atoms. The van der Waals surface area contributed by atoms with Crippen LogP contribution in [0.25, 0.3) is 0 Å². The highest BCUT2D eigenvalue weighted by atomic mass is 16.5. The molecule has 0 aliphatic heterocycles. The quantitative estimate of drug-likeness (QED) is 0.694. The maximum atomic E-state index is 5.16. The van der Waals surface area contributed by atoms with Crippen LogP contribution in [-0.2, 0) is 6.42 Å². The predicted octanol–water partition coefficient (Wildman–Crippen LogP) is 3.53. The van der Waals surface area contributed by atoms with Crippen molar-refractivity contribution in [3.63, 3.8) is 0 Å². The molecule has 1 aromatic heterocycles. The van der Waals surface area contributed by atoms with Crippen LogP contribution in [0.15, 0.2) is 10.6 Å². The van der Waals surface area contributed by atoms with Gasteiger partial charge in [-0.3, -0.25) is 0 Å². The summed E-state index contributed by atoms with van der Waals surface area (Å²) in [5.41, 5.74) is 1.12. The second-order valence-electron chi connectivity index (χ2n) is 3.61. The van der Waals surface area contributed by atoms with E-state index in [0.717, 1.165) is 17.9 Å². The minimum atomic E-state index is 0.545. The van der Waals surface area contributed by atoms with Crippen molar-refractivity contribution in [3.8, 4) is 0 Å². The molecule has 0 aliphatic rings. The zero-order valence-electron chi connectivity index (χ0n) is 8.84. The number of aromatic nitrogens is 1. The summed E-state index contributed by atoms with van der Waals surface area (Å²) in [6.07, 6.45) is 4.68. The Morgan fingerprint density at radius 2 is 2.23 bits per heavy atom. The van der Waals surface area contributed by atoms with Crippen molar-refractivity contribution in [1.29, 1.82) is 0 Å². The highest BCUT2D eigenvalue weighted by Crippen LogP contribution is 2.20. The van der Waals surface area contributed by atoms with Crippen LogP contribution < -0.4 is 0 Å². The molecule has 74 valence electrons. The molecule has 1 heterocycles. The van der Waals surface area contributed by atoms with E-state index in [-0.39, 0.29) is 0 Å². The Labute approximate surface area is 80.3 Å². The van der Waals surface area contributed by atoms with Crippen molar-refractivity contribution in [2.24, 2.45) is 0 Å². The molecule has 0 saturated carbocycles. The molecule has 2 heteroatoms. The summed E-state index contributed by atoms with van der Waals surface area (Å²) in [6, 6.07) is 2.08. The predicted molar refractivity (Wildman–Crippen MR) is 53.8 cm³/mol. The molecule has 0 saturated heterocycles. The van der Waals surface area contributed by atoms with E-state index < -0.39 is 0 Å². The summed E-state index contributed by atoms with van der Waals surface area (Å²) in [5, 5.41) is 4.06. The smallest absolute Gasteiger partial charge is 0.136 e. The Balaban J connectivity index is 2.50. The third-order valence-corrected chi connectivity index (χ3v) is 2.42. The second-order valence-corrected chi connectivity index (χ2v) is 3.61.